The highest BCUT2D eigenvalue weighted by Gasteiger charge is 2.44. The van der Waals surface area contributed by atoms with E-state index in [0.29, 0.717) is 32.7 Å². The van der Waals surface area contributed by atoms with Crippen LogP contribution in [0.15, 0.2) is 30.5 Å². The zero-order valence-electron chi connectivity index (χ0n) is 18.0. The van der Waals surface area contributed by atoms with Crippen LogP contribution >= 0.6 is 0 Å². The predicted molar refractivity (Wildman–Crippen MR) is 113 cm³/mol. The Kier molecular flexibility index (Phi) is 6.99. The van der Waals surface area contributed by atoms with Crippen LogP contribution in [0.25, 0.3) is 0 Å². The molecule has 0 aliphatic carbocycles. The third-order valence-corrected chi connectivity index (χ3v) is 5.97. The van der Waals surface area contributed by atoms with Crippen LogP contribution in [0.2, 0.25) is 0 Å². The Hall–Kier alpha value is -2.60. The number of anilines is 1. The van der Waals surface area contributed by atoms with Gasteiger partial charge in [0.2, 0.25) is 5.91 Å². The maximum Gasteiger partial charge on any atom is 0.225 e. The molecule has 3 heterocycles. The number of nitrogens with zero attached hydrogens (tertiary/aromatic N) is 5. The lowest BCUT2D eigenvalue weighted by Gasteiger charge is -2.36. The lowest BCUT2D eigenvalue weighted by atomic mass is 10.0. The Labute approximate surface area is 185 Å². The normalized spacial score (nSPS) is 26.0. The SMILES string of the molecule is CNCc1cn(C[C@H]2O[C@@H](CC(=O)N3CCN(c4ccc(F)cc4)CC3)[C@H](O)[C@@H]2O)nn1. The van der Waals surface area contributed by atoms with Gasteiger partial charge < -0.3 is 30.1 Å². The number of carbonyl (C=O) groups excluding carboxylic acids is 1. The maximum atomic E-state index is 13.1. The molecule has 1 aromatic heterocycles. The van der Waals surface area contributed by atoms with Crippen LogP contribution in [0, 0.1) is 5.82 Å². The molecule has 1 amide bonds. The van der Waals surface area contributed by atoms with Crippen LogP contribution in [0.4, 0.5) is 10.1 Å². The van der Waals surface area contributed by atoms with Gasteiger partial charge in [-0.2, -0.15) is 0 Å². The second kappa shape index (κ2) is 9.90. The standard InChI is InChI=1S/C21H29FN6O4/c1-23-11-15-12-28(25-24-15)13-18-21(31)20(30)17(32-18)10-19(29)27-8-6-26(7-9-27)16-4-2-14(22)3-5-16/h2-5,12,17-18,20-21,23,30-31H,6-11,13H2,1H3/t17-,18+,20-,21+/m0/s1. The summed E-state index contributed by atoms with van der Waals surface area (Å²) in [6.45, 7) is 3.13. The number of amides is 1. The second-order valence-electron chi connectivity index (χ2n) is 8.20. The topological polar surface area (TPSA) is 116 Å². The Balaban J connectivity index is 1.28. The van der Waals surface area contributed by atoms with Crippen LogP contribution < -0.4 is 10.2 Å². The summed E-state index contributed by atoms with van der Waals surface area (Å²) in [4.78, 5) is 16.6. The van der Waals surface area contributed by atoms with Crippen LogP contribution in [0.5, 0.6) is 0 Å². The Morgan fingerprint density at radius 2 is 1.84 bits per heavy atom. The fraction of sp³-hybridized carbons (Fsp3) is 0.571. The molecule has 2 aliphatic heterocycles. The number of carbonyl (C=O) groups is 1. The van der Waals surface area contributed by atoms with Gasteiger partial charge in [0.25, 0.3) is 0 Å². The van der Waals surface area contributed by atoms with Crippen molar-refractivity contribution in [3.8, 4) is 0 Å². The van der Waals surface area contributed by atoms with Gasteiger partial charge in [-0.1, -0.05) is 5.21 Å². The molecule has 2 aliphatic rings. The number of aromatic nitrogens is 3. The third kappa shape index (κ3) is 5.07. The lowest BCUT2D eigenvalue weighted by Crippen LogP contribution is -2.49. The molecule has 0 spiro atoms. The summed E-state index contributed by atoms with van der Waals surface area (Å²) >= 11 is 0. The number of ether oxygens (including phenoxy) is 1. The highest BCUT2D eigenvalue weighted by Crippen LogP contribution is 2.26. The van der Waals surface area contributed by atoms with Gasteiger partial charge in [-0.15, -0.1) is 5.10 Å². The van der Waals surface area contributed by atoms with Crippen LogP contribution in [-0.2, 0) is 22.6 Å². The molecule has 2 saturated heterocycles. The minimum atomic E-state index is -1.15. The maximum absolute atomic E-state index is 13.1. The van der Waals surface area contributed by atoms with Crippen molar-refractivity contribution in [3.63, 3.8) is 0 Å². The number of nitrogens with one attached hydrogen (secondary N) is 1. The molecular formula is C21H29FN6O4. The molecule has 4 rings (SSSR count). The zero-order chi connectivity index (χ0) is 22.7. The molecule has 32 heavy (non-hydrogen) atoms. The van der Waals surface area contributed by atoms with Gasteiger partial charge in [-0.05, 0) is 31.3 Å². The molecule has 11 heteroatoms. The van der Waals surface area contributed by atoms with E-state index in [0.717, 1.165) is 11.4 Å². The van der Waals surface area contributed by atoms with E-state index in [4.69, 9.17) is 4.74 Å². The molecule has 2 fully saturated rings. The fourth-order valence-corrected chi connectivity index (χ4v) is 4.19. The van der Waals surface area contributed by atoms with Crippen molar-refractivity contribution in [2.24, 2.45) is 0 Å². The van der Waals surface area contributed by atoms with E-state index >= 15 is 0 Å². The molecule has 0 saturated carbocycles. The van der Waals surface area contributed by atoms with E-state index in [1.54, 1.807) is 27.9 Å². The van der Waals surface area contributed by atoms with Crippen LogP contribution in [-0.4, -0.2) is 93.7 Å². The number of rotatable bonds is 7. The Bertz CT molecular complexity index is 902. The van der Waals surface area contributed by atoms with Gasteiger partial charge >= 0.3 is 0 Å². The molecule has 174 valence electrons. The number of hydrogen-bond acceptors (Lipinski definition) is 8. The van der Waals surface area contributed by atoms with Crippen LogP contribution in [0.1, 0.15) is 12.1 Å². The summed E-state index contributed by atoms with van der Waals surface area (Å²) in [5.74, 6) is -0.405. The van der Waals surface area contributed by atoms with Gasteiger partial charge in [0, 0.05) is 44.6 Å². The summed E-state index contributed by atoms with van der Waals surface area (Å²) < 4.78 is 20.5. The Morgan fingerprint density at radius 1 is 1.16 bits per heavy atom. The predicted octanol–water partition coefficient (Wildman–Crippen LogP) is -0.635. The van der Waals surface area contributed by atoms with E-state index in [1.165, 1.54) is 12.1 Å². The van der Waals surface area contributed by atoms with Gasteiger partial charge in [-0.25, -0.2) is 9.07 Å². The lowest BCUT2D eigenvalue weighted by molar-refractivity contribution is -0.135. The van der Waals surface area contributed by atoms with Crippen molar-refractivity contribution in [1.82, 2.24) is 25.2 Å². The van der Waals surface area contributed by atoms with E-state index in [1.807, 2.05) is 7.05 Å². The van der Waals surface area contributed by atoms with Gasteiger partial charge in [0.15, 0.2) is 0 Å². The number of piperazine rings is 1. The number of hydrogen-bond donors (Lipinski definition) is 3. The van der Waals surface area contributed by atoms with E-state index in [-0.39, 0.29) is 24.7 Å². The van der Waals surface area contributed by atoms with E-state index in [2.05, 4.69) is 20.5 Å². The van der Waals surface area contributed by atoms with Crippen molar-refractivity contribution in [2.75, 3.05) is 38.1 Å². The number of aliphatic hydroxyl groups excluding tert-OH is 2. The quantitative estimate of drug-likeness (QED) is 0.513. The number of aliphatic hydroxyl groups is 2. The average molecular weight is 448 g/mol. The number of benzene rings is 1. The summed E-state index contributed by atoms with van der Waals surface area (Å²) in [7, 11) is 1.81. The van der Waals surface area contributed by atoms with Gasteiger partial charge in [-0.3, -0.25) is 4.79 Å². The molecule has 2 aromatic rings. The molecule has 0 unspecified atom stereocenters. The third-order valence-electron chi connectivity index (χ3n) is 5.97. The molecule has 1 aromatic carbocycles. The summed E-state index contributed by atoms with van der Waals surface area (Å²) in [6.07, 6.45) is -1.98. The van der Waals surface area contributed by atoms with Crippen molar-refractivity contribution < 1.29 is 24.1 Å². The molecule has 4 atom stereocenters. The first kappa shape index (κ1) is 22.6. The molecule has 3 N–H and O–H groups in total. The average Bonchev–Trinajstić information content (AvgIpc) is 3.34. The van der Waals surface area contributed by atoms with Gasteiger partial charge in [0.1, 0.15) is 24.1 Å². The number of halogens is 1. The zero-order valence-corrected chi connectivity index (χ0v) is 18.0. The first-order valence-electron chi connectivity index (χ1n) is 10.8. The first-order chi connectivity index (χ1) is 15.4. The van der Waals surface area contributed by atoms with Crippen molar-refractivity contribution in [2.45, 2.75) is 43.9 Å². The van der Waals surface area contributed by atoms with Crippen molar-refractivity contribution >= 4 is 11.6 Å². The summed E-state index contributed by atoms with van der Waals surface area (Å²) in [6, 6.07) is 6.31. The Morgan fingerprint density at radius 3 is 2.53 bits per heavy atom. The second-order valence-corrected chi connectivity index (χ2v) is 8.20. The van der Waals surface area contributed by atoms with E-state index < -0.39 is 24.4 Å². The first-order valence-corrected chi connectivity index (χ1v) is 10.8. The molecule has 10 nitrogen and oxygen atoms in total. The van der Waals surface area contributed by atoms with Crippen molar-refractivity contribution in [1.29, 1.82) is 0 Å². The van der Waals surface area contributed by atoms with Crippen molar-refractivity contribution in [3.05, 3.63) is 42.0 Å². The minimum absolute atomic E-state index is 0.00631. The van der Waals surface area contributed by atoms with Crippen LogP contribution in [0.3, 0.4) is 0 Å². The van der Waals surface area contributed by atoms with E-state index in [9.17, 15) is 19.4 Å². The summed E-state index contributed by atoms with van der Waals surface area (Å²) in [5.41, 5.74) is 1.68. The molecular weight excluding hydrogens is 419 g/mol. The largest absolute Gasteiger partial charge is 0.388 e. The molecule has 0 bridgehead atoms. The smallest absolute Gasteiger partial charge is 0.225 e. The fourth-order valence-electron chi connectivity index (χ4n) is 4.19. The monoisotopic (exact) mass is 448 g/mol. The van der Waals surface area contributed by atoms with Gasteiger partial charge in [0.05, 0.1) is 24.8 Å². The highest BCUT2D eigenvalue weighted by molar-refractivity contribution is 5.77. The highest BCUT2D eigenvalue weighted by atomic mass is 19.1. The summed E-state index contributed by atoms with van der Waals surface area (Å²) in [5, 5.41) is 31.8. The minimum Gasteiger partial charge on any atom is -0.388 e. The molecule has 0 radical (unpaired) electrons.